The highest BCUT2D eigenvalue weighted by atomic mass is 35.5. The highest BCUT2D eigenvalue weighted by molar-refractivity contribution is 6.30. The lowest BCUT2D eigenvalue weighted by atomic mass is 10.1. The van der Waals surface area contributed by atoms with Crippen molar-refractivity contribution in [2.45, 2.75) is 33.1 Å². The summed E-state index contributed by atoms with van der Waals surface area (Å²) in [4.78, 5) is 5.09. The van der Waals surface area contributed by atoms with Gasteiger partial charge >= 0.3 is 0 Å². The zero-order chi connectivity index (χ0) is 20.9. The first kappa shape index (κ1) is 20.9. The SMILES string of the molecule is CCOc1ccc(CN2CCN(Cc3cccc(C)c3)[C@H]2c2cccc(Cl)c2)cc1. The van der Waals surface area contributed by atoms with Crippen molar-refractivity contribution >= 4 is 11.6 Å². The van der Waals surface area contributed by atoms with E-state index < -0.39 is 0 Å². The molecule has 3 nitrogen and oxygen atoms in total. The Hall–Kier alpha value is -2.33. The first-order chi connectivity index (χ1) is 14.6. The largest absolute Gasteiger partial charge is 0.494 e. The van der Waals surface area contributed by atoms with Crippen LogP contribution < -0.4 is 4.74 Å². The van der Waals surface area contributed by atoms with Crippen LogP contribution in [0.1, 0.15) is 35.3 Å². The van der Waals surface area contributed by atoms with Gasteiger partial charge in [0.05, 0.1) is 12.8 Å². The average molecular weight is 421 g/mol. The summed E-state index contributed by atoms with van der Waals surface area (Å²) in [6.07, 6.45) is 0.204. The number of benzene rings is 3. The number of nitrogens with zero attached hydrogens (tertiary/aromatic N) is 2. The summed E-state index contributed by atoms with van der Waals surface area (Å²) in [5.41, 5.74) is 5.20. The molecule has 0 amide bonds. The Kier molecular flexibility index (Phi) is 6.73. The minimum atomic E-state index is 0.204. The van der Waals surface area contributed by atoms with Gasteiger partial charge in [-0.15, -0.1) is 0 Å². The molecule has 0 aromatic heterocycles. The Balaban J connectivity index is 1.57. The summed E-state index contributed by atoms with van der Waals surface area (Å²) in [7, 11) is 0. The van der Waals surface area contributed by atoms with Gasteiger partial charge in [0.15, 0.2) is 0 Å². The summed E-state index contributed by atoms with van der Waals surface area (Å²) in [6, 6.07) is 25.6. The molecule has 0 saturated carbocycles. The van der Waals surface area contributed by atoms with Crippen molar-refractivity contribution in [1.29, 1.82) is 0 Å². The second-order valence-corrected chi connectivity index (χ2v) is 8.37. The van der Waals surface area contributed by atoms with Crippen molar-refractivity contribution in [3.63, 3.8) is 0 Å². The van der Waals surface area contributed by atoms with Crippen LogP contribution in [0.25, 0.3) is 0 Å². The Bertz CT molecular complexity index is 973. The lowest BCUT2D eigenvalue weighted by Gasteiger charge is -2.31. The fourth-order valence-electron chi connectivity index (χ4n) is 4.29. The van der Waals surface area contributed by atoms with Crippen LogP contribution in [0.3, 0.4) is 0 Å². The van der Waals surface area contributed by atoms with Gasteiger partial charge in [-0.2, -0.15) is 0 Å². The van der Waals surface area contributed by atoms with Crippen molar-refractivity contribution in [3.05, 3.63) is 100 Å². The zero-order valence-corrected chi connectivity index (χ0v) is 18.5. The van der Waals surface area contributed by atoms with Gasteiger partial charge in [-0.1, -0.05) is 65.7 Å². The van der Waals surface area contributed by atoms with Gasteiger partial charge < -0.3 is 4.74 Å². The minimum Gasteiger partial charge on any atom is -0.494 e. The smallest absolute Gasteiger partial charge is 0.119 e. The molecule has 3 aromatic rings. The van der Waals surface area contributed by atoms with Gasteiger partial charge in [0.1, 0.15) is 5.75 Å². The van der Waals surface area contributed by atoms with Crippen LogP contribution in [0.2, 0.25) is 5.02 Å². The molecule has 0 spiro atoms. The molecule has 1 aliphatic rings. The second-order valence-electron chi connectivity index (χ2n) is 7.94. The van der Waals surface area contributed by atoms with E-state index >= 15 is 0 Å². The Morgan fingerprint density at radius 1 is 0.867 bits per heavy atom. The molecule has 30 heavy (non-hydrogen) atoms. The molecule has 0 bridgehead atoms. The van der Waals surface area contributed by atoms with E-state index in [1.54, 1.807) is 0 Å². The van der Waals surface area contributed by atoms with Gasteiger partial charge in [-0.3, -0.25) is 9.80 Å². The van der Waals surface area contributed by atoms with Crippen molar-refractivity contribution in [2.24, 2.45) is 0 Å². The maximum atomic E-state index is 6.36. The van der Waals surface area contributed by atoms with Gasteiger partial charge in [-0.05, 0) is 54.8 Å². The summed E-state index contributed by atoms with van der Waals surface area (Å²) in [6.45, 7) is 8.73. The van der Waals surface area contributed by atoms with Gasteiger partial charge in [-0.25, -0.2) is 0 Å². The molecule has 0 unspecified atom stereocenters. The third kappa shape index (κ3) is 5.04. The standard InChI is InChI=1S/C26H29ClN2O/c1-3-30-25-12-10-21(11-13-25)18-28-14-15-29(19-22-7-4-6-20(2)16-22)26(28)23-8-5-9-24(27)17-23/h4-13,16-17,26H,3,14-15,18-19H2,1-2H3/t26-/m0/s1. The molecule has 3 aromatic carbocycles. The normalized spacial score (nSPS) is 17.4. The number of ether oxygens (including phenoxy) is 1. The van der Waals surface area contributed by atoms with Crippen LogP contribution in [-0.4, -0.2) is 29.5 Å². The van der Waals surface area contributed by atoms with E-state index in [0.717, 1.165) is 37.0 Å². The lowest BCUT2D eigenvalue weighted by molar-refractivity contribution is 0.126. The number of aryl methyl sites for hydroxylation is 1. The van der Waals surface area contributed by atoms with E-state index in [2.05, 4.69) is 83.5 Å². The molecule has 0 N–H and O–H groups in total. The summed E-state index contributed by atoms with van der Waals surface area (Å²) < 4.78 is 5.59. The van der Waals surface area contributed by atoms with Gasteiger partial charge in [0.2, 0.25) is 0 Å². The molecular weight excluding hydrogens is 392 g/mol. The van der Waals surface area contributed by atoms with Crippen molar-refractivity contribution in [1.82, 2.24) is 9.80 Å². The van der Waals surface area contributed by atoms with E-state index in [9.17, 15) is 0 Å². The molecule has 4 rings (SSSR count). The van der Waals surface area contributed by atoms with Crippen LogP contribution in [-0.2, 0) is 13.1 Å². The molecule has 1 fully saturated rings. The molecule has 156 valence electrons. The molecule has 0 aliphatic carbocycles. The van der Waals surface area contributed by atoms with Crippen molar-refractivity contribution < 1.29 is 4.74 Å². The van der Waals surface area contributed by atoms with E-state index in [1.807, 2.05) is 13.0 Å². The third-order valence-corrected chi connectivity index (χ3v) is 5.84. The maximum Gasteiger partial charge on any atom is 0.119 e. The lowest BCUT2D eigenvalue weighted by Crippen LogP contribution is -2.30. The molecule has 1 aliphatic heterocycles. The first-order valence-corrected chi connectivity index (χ1v) is 11.0. The maximum absolute atomic E-state index is 6.36. The van der Waals surface area contributed by atoms with E-state index in [-0.39, 0.29) is 6.17 Å². The second kappa shape index (κ2) is 9.65. The molecule has 1 saturated heterocycles. The summed E-state index contributed by atoms with van der Waals surface area (Å²) in [5.74, 6) is 0.926. The minimum absolute atomic E-state index is 0.204. The van der Waals surface area contributed by atoms with Crippen molar-refractivity contribution in [2.75, 3.05) is 19.7 Å². The monoisotopic (exact) mass is 420 g/mol. The molecular formula is C26H29ClN2O. The number of hydrogen-bond acceptors (Lipinski definition) is 3. The predicted molar refractivity (Wildman–Crippen MR) is 124 cm³/mol. The topological polar surface area (TPSA) is 15.7 Å². The summed E-state index contributed by atoms with van der Waals surface area (Å²) in [5, 5.41) is 0.788. The predicted octanol–water partition coefficient (Wildman–Crippen LogP) is 6.06. The number of rotatable bonds is 7. The average Bonchev–Trinajstić information content (AvgIpc) is 3.11. The zero-order valence-electron chi connectivity index (χ0n) is 17.7. The quantitative estimate of drug-likeness (QED) is 0.461. The van der Waals surface area contributed by atoms with E-state index in [4.69, 9.17) is 16.3 Å². The first-order valence-electron chi connectivity index (χ1n) is 10.6. The Labute approximate surface area is 184 Å². The van der Waals surface area contributed by atoms with E-state index in [0.29, 0.717) is 6.61 Å². The van der Waals surface area contributed by atoms with Crippen LogP contribution in [0.4, 0.5) is 0 Å². The third-order valence-electron chi connectivity index (χ3n) is 5.60. The Morgan fingerprint density at radius 3 is 2.23 bits per heavy atom. The number of halogens is 1. The van der Waals surface area contributed by atoms with Crippen LogP contribution in [0.5, 0.6) is 5.75 Å². The fourth-order valence-corrected chi connectivity index (χ4v) is 4.49. The Morgan fingerprint density at radius 2 is 1.57 bits per heavy atom. The van der Waals surface area contributed by atoms with Crippen molar-refractivity contribution in [3.8, 4) is 5.75 Å². The van der Waals surface area contributed by atoms with Gasteiger partial charge in [0.25, 0.3) is 0 Å². The molecule has 1 heterocycles. The van der Waals surface area contributed by atoms with E-state index in [1.165, 1.54) is 22.3 Å². The summed E-state index contributed by atoms with van der Waals surface area (Å²) >= 11 is 6.36. The molecule has 0 radical (unpaired) electrons. The van der Waals surface area contributed by atoms with Crippen LogP contribution >= 0.6 is 11.6 Å². The molecule has 1 atom stereocenters. The fraction of sp³-hybridized carbons (Fsp3) is 0.308. The van der Waals surface area contributed by atoms with Gasteiger partial charge in [0, 0.05) is 31.2 Å². The van der Waals surface area contributed by atoms with Crippen LogP contribution in [0.15, 0.2) is 72.8 Å². The number of hydrogen-bond donors (Lipinski definition) is 0. The molecule has 4 heteroatoms. The van der Waals surface area contributed by atoms with Crippen LogP contribution in [0, 0.1) is 6.92 Å². The highest BCUT2D eigenvalue weighted by Crippen LogP contribution is 2.34. The highest BCUT2D eigenvalue weighted by Gasteiger charge is 2.33.